The summed E-state index contributed by atoms with van der Waals surface area (Å²) in [5.74, 6) is 1.34. The zero-order valence-corrected chi connectivity index (χ0v) is 15.5. The molecule has 0 saturated carbocycles. The van der Waals surface area contributed by atoms with Crippen LogP contribution < -0.4 is 0 Å². The van der Waals surface area contributed by atoms with Gasteiger partial charge in [0.15, 0.2) is 5.82 Å². The fraction of sp³-hybridized carbons (Fsp3) is 0.368. The summed E-state index contributed by atoms with van der Waals surface area (Å²) in [6.45, 7) is 1.52. The molecule has 0 atom stereocenters. The Bertz CT molecular complexity index is 887. The number of aromatic nitrogens is 3. The molecule has 0 bridgehead atoms. The molecule has 0 aliphatic carbocycles. The predicted molar refractivity (Wildman–Crippen MR) is 98.8 cm³/mol. The van der Waals surface area contributed by atoms with Crippen molar-refractivity contribution >= 4 is 17.2 Å². The maximum atomic E-state index is 13.0. The molecule has 1 saturated heterocycles. The average molecular weight is 386 g/mol. The molecule has 1 aliphatic heterocycles. The lowest BCUT2D eigenvalue weighted by Gasteiger charge is -2.31. The van der Waals surface area contributed by atoms with Crippen LogP contribution >= 0.6 is 11.3 Å². The highest BCUT2D eigenvalue weighted by molar-refractivity contribution is 7.07. The van der Waals surface area contributed by atoms with Gasteiger partial charge in [-0.05, 0) is 49.4 Å². The first-order valence-corrected chi connectivity index (χ1v) is 9.89. The number of amides is 1. The van der Waals surface area contributed by atoms with Crippen LogP contribution in [0.2, 0.25) is 0 Å². The lowest BCUT2D eigenvalue weighted by Crippen LogP contribution is -2.38. The van der Waals surface area contributed by atoms with E-state index in [1.807, 2.05) is 4.90 Å². The number of thiazole rings is 1. The smallest absolute Gasteiger partial charge is 0.273 e. The number of carbonyl (C=O) groups excluding carboxylic acids is 1. The Hall–Kier alpha value is -2.61. The van der Waals surface area contributed by atoms with Gasteiger partial charge in [-0.2, -0.15) is 4.98 Å². The van der Waals surface area contributed by atoms with Gasteiger partial charge in [-0.1, -0.05) is 5.16 Å². The molecule has 2 aromatic heterocycles. The second-order valence-corrected chi connectivity index (χ2v) is 7.39. The van der Waals surface area contributed by atoms with Gasteiger partial charge < -0.3 is 9.42 Å². The van der Waals surface area contributed by atoms with Crippen molar-refractivity contribution in [3.8, 4) is 11.5 Å². The molecular formula is C19H19FN4O2S. The van der Waals surface area contributed by atoms with Gasteiger partial charge in [0.1, 0.15) is 11.5 Å². The van der Waals surface area contributed by atoms with Crippen molar-refractivity contribution in [3.05, 3.63) is 52.5 Å². The fourth-order valence-electron chi connectivity index (χ4n) is 3.30. The van der Waals surface area contributed by atoms with Crippen LogP contribution in [0.5, 0.6) is 0 Å². The van der Waals surface area contributed by atoms with Gasteiger partial charge in [0.05, 0.1) is 5.51 Å². The molecule has 4 rings (SSSR count). The van der Waals surface area contributed by atoms with E-state index in [0.717, 1.165) is 38.8 Å². The highest BCUT2D eigenvalue weighted by atomic mass is 32.1. The van der Waals surface area contributed by atoms with E-state index in [1.165, 1.54) is 23.5 Å². The predicted octanol–water partition coefficient (Wildman–Crippen LogP) is 3.82. The van der Waals surface area contributed by atoms with Crippen LogP contribution in [0.25, 0.3) is 11.5 Å². The maximum absolute atomic E-state index is 13.0. The van der Waals surface area contributed by atoms with E-state index in [0.29, 0.717) is 28.9 Å². The molecule has 8 heteroatoms. The second kappa shape index (κ2) is 7.96. The molecule has 0 spiro atoms. The standard InChI is InChI=1S/C19H19FN4O2S/c20-15-4-2-14(3-5-15)18-22-17(23-26-18)6-1-13-7-9-24(10-8-13)19(25)16-11-27-12-21-16/h2-5,11-13H,1,6-10H2. The Morgan fingerprint density at radius 1 is 1.26 bits per heavy atom. The molecule has 140 valence electrons. The monoisotopic (exact) mass is 386 g/mol. The number of rotatable bonds is 5. The van der Waals surface area contributed by atoms with Crippen molar-refractivity contribution in [2.24, 2.45) is 5.92 Å². The van der Waals surface area contributed by atoms with Crippen LogP contribution in [0.3, 0.4) is 0 Å². The summed E-state index contributed by atoms with van der Waals surface area (Å²) in [4.78, 5) is 22.7. The molecule has 27 heavy (non-hydrogen) atoms. The molecule has 0 N–H and O–H groups in total. The molecule has 1 fully saturated rings. The van der Waals surface area contributed by atoms with Crippen LogP contribution in [0.15, 0.2) is 39.7 Å². The van der Waals surface area contributed by atoms with Crippen LogP contribution in [0.4, 0.5) is 4.39 Å². The largest absolute Gasteiger partial charge is 0.337 e. The van der Waals surface area contributed by atoms with Crippen molar-refractivity contribution in [3.63, 3.8) is 0 Å². The Morgan fingerprint density at radius 3 is 2.74 bits per heavy atom. The summed E-state index contributed by atoms with van der Waals surface area (Å²) in [5, 5.41) is 5.82. The topological polar surface area (TPSA) is 72.1 Å². The third-order valence-corrected chi connectivity index (χ3v) is 5.48. The first-order valence-electron chi connectivity index (χ1n) is 8.95. The van der Waals surface area contributed by atoms with E-state index < -0.39 is 0 Å². The van der Waals surface area contributed by atoms with Gasteiger partial charge in [-0.3, -0.25) is 4.79 Å². The summed E-state index contributed by atoms with van der Waals surface area (Å²) < 4.78 is 18.3. The molecule has 6 nitrogen and oxygen atoms in total. The Morgan fingerprint density at radius 2 is 2.04 bits per heavy atom. The van der Waals surface area contributed by atoms with Crippen molar-refractivity contribution in [1.82, 2.24) is 20.0 Å². The number of aryl methyl sites for hydroxylation is 1. The lowest BCUT2D eigenvalue weighted by molar-refractivity contribution is 0.0681. The van der Waals surface area contributed by atoms with E-state index in [-0.39, 0.29) is 11.7 Å². The third kappa shape index (κ3) is 4.21. The molecule has 0 unspecified atom stereocenters. The van der Waals surface area contributed by atoms with Gasteiger partial charge in [-0.25, -0.2) is 9.37 Å². The lowest BCUT2D eigenvalue weighted by atomic mass is 9.92. The quantitative estimate of drug-likeness (QED) is 0.667. The van der Waals surface area contributed by atoms with Gasteiger partial charge in [-0.15, -0.1) is 11.3 Å². The number of piperidine rings is 1. The minimum atomic E-state index is -0.293. The number of hydrogen-bond donors (Lipinski definition) is 0. The van der Waals surface area contributed by atoms with Crippen LogP contribution in [-0.4, -0.2) is 39.0 Å². The number of carbonyl (C=O) groups is 1. The number of halogens is 1. The van der Waals surface area contributed by atoms with E-state index in [4.69, 9.17) is 4.52 Å². The van der Waals surface area contributed by atoms with Crippen molar-refractivity contribution in [1.29, 1.82) is 0 Å². The molecule has 0 radical (unpaired) electrons. The van der Waals surface area contributed by atoms with Gasteiger partial charge in [0.25, 0.3) is 11.8 Å². The minimum absolute atomic E-state index is 0.0248. The van der Waals surface area contributed by atoms with E-state index >= 15 is 0 Å². The maximum Gasteiger partial charge on any atom is 0.273 e. The van der Waals surface area contributed by atoms with Crippen molar-refractivity contribution in [2.75, 3.05) is 13.1 Å². The van der Waals surface area contributed by atoms with Gasteiger partial charge in [0, 0.05) is 30.5 Å². The number of nitrogens with zero attached hydrogens (tertiary/aromatic N) is 4. The third-order valence-electron chi connectivity index (χ3n) is 4.89. The highest BCUT2D eigenvalue weighted by Crippen LogP contribution is 2.24. The van der Waals surface area contributed by atoms with Crippen LogP contribution in [-0.2, 0) is 6.42 Å². The first-order chi connectivity index (χ1) is 13.2. The molecule has 1 aromatic carbocycles. The molecule has 3 heterocycles. The highest BCUT2D eigenvalue weighted by Gasteiger charge is 2.24. The van der Waals surface area contributed by atoms with Gasteiger partial charge in [0.2, 0.25) is 0 Å². The van der Waals surface area contributed by atoms with Crippen molar-refractivity contribution < 1.29 is 13.7 Å². The summed E-state index contributed by atoms with van der Waals surface area (Å²) in [7, 11) is 0. The summed E-state index contributed by atoms with van der Waals surface area (Å²) in [6, 6.07) is 6.00. The van der Waals surface area contributed by atoms with Crippen LogP contribution in [0.1, 0.15) is 35.6 Å². The Kier molecular flexibility index (Phi) is 5.24. The van der Waals surface area contributed by atoms with E-state index in [1.54, 1.807) is 23.0 Å². The molecule has 1 amide bonds. The summed E-state index contributed by atoms with van der Waals surface area (Å²) in [5.41, 5.74) is 2.94. The average Bonchev–Trinajstić information content (AvgIpc) is 3.39. The number of likely N-dealkylation sites (tertiary alicyclic amines) is 1. The Balaban J connectivity index is 1.27. The van der Waals surface area contributed by atoms with E-state index in [2.05, 4.69) is 15.1 Å². The number of hydrogen-bond acceptors (Lipinski definition) is 6. The SMILES string of the molecule is O=C(c1cscn1)N1CCC(CCc2noc(-c3ccc(F)cc3)n2)CC1. The molecule has 1 aliphatic rings. The van der Waals surface area contributed by atoms with Crippen molar-refractivity contribution in [2.45, 2.75) is 25.7 Å². The summed E-state index contributed by atoms with van der Waals surface area (Å²) in [6.07, 6.45) is 3.63. The fourth-order valence-corrected chi connectivity index (χ4v) is 3.83. The van der Waals surface area contributed by atoms with Crippen LogP contribution in [0, 0.1) is 11.7 Å². The zero-order valence-electron chi connectivity index (χ0n) is 14.7. The second-order valence-electron chi connectivity index (χ2n) is 6.67. The first kappa shape index (κ1) is 17.8. The Labute approximate surface area is 160 Å². The minimum Gasteiger partial charge on any atom is -0.337 e. The molecular weight excluding hydrogens is 367 g/mol. The van der Waals surface area contributed by atoms with E-state index in [9.17, 15) is 9.18 Å². The normalized spacial score (nSPS) is 15.2. The van der Waals surface area contributed by atoms with Gasteiger partial charge >= 0.3 is 0 Å². The molecule has 3 aromatic rings. The zero-order chi connectivity index (χ0) is 18.6. The number of benzene rings is 1. The summed E-state index contributed by atoms with van der Waals surface area (Å²) >= 11 is 1.44.